The van der Waals surface area contributed by atoms with Gasteiger partial charge in [-0.05, 0) is 54.5 Å². The summed E-state index contributed by atoms with van der Waals surface area (Å²) in [4.78, 5) is 2.34. The molecule has 0 aliphatic carbocycles. The van der Waals surface area contributed by atoms with Crippen LogP contribution in [-0.4, -0.2) is 12.3 Å². The first kappa shape index (κ1) is 16.2. The molecule has 27 heavy (non-hydrogen) atoms. The second-order valence-corrected chi connectivity index (χ2v) is 7.87. The Bertz CT molecular complexity index is 1090. The summed E-state index contributed by atoms with van der Waals surface area (Å²) in [5.74, 6) is 0.936. The van der Waals surface area contributed by atoms with Gasteiger partial charge >= 0.3 is 0 Å². The van der Waals surface area contributed by atoms with E-state index in [0.29, 0.717) is 0 Å². The third kappa shape index (κ3) is 2.01. The number of para-hydroxylation sites is 1. The fraction of sp³-hybridized carbons (Fsp3) is 0.200. The van der Waals surface area contributed by atoms with Gasteiger partial charge in [0.15, 0.2) is 0 Å². The molecular formula is C25H23NO. The van der Waals surface area contributed by atoms with E-state index in [2.05, 4.69) is 98.1 Å². The number of benzene rings is 3. The average molecular weight is 353 g/mol. The van der Waals surface area contributed by atoms with Crippen LogP contribution in [0.4, 0.5) is 5.69 Å². The maximum atomic E-state index is 6.84. The van der Waals surface area contributed by atoms with Gasteiger partial charge in [0.2, 0.25) is 5.72 Å². The molecule has 3 aromatic rings. The molecule has 134 valence electrons. The summed E-state index contributed by atoms with van der Waals surface area (Å²) in [7, 11) is 0. The molecule has 3 aromatic carbocycles. The van der Waals surface area contributed by atoms with Crippen LogP contribution in [0.5, 0.6) is 5.75 Å². The van der Waals surface area contributed by atoms with E-state index in [9.17, 15) is 0 Å². The molecule has 0 fully saturated rings. The largest absolute Gasteiger partial charge is 0.463 e. The Morgan fingerprint density at radius 2 is 1.78 bits per heavy atom. The van der Waals surface area contributed by atoms with Crippen molar-refractivity contribution in [2.75, 3.05) is 11.4 Å². The predicted octanol–water partition coefficient (Wildman–Crippen LogP) is 5.93. The lowest BCUT2D eigenvalue weighted by Crippen LogP contribution is -2.59. The molecule has 0 N–H and O–H groups in total. The van der Waals surface area contributed by atoms with Crippen molar-refractivity contribution in [3.63, 3.8) is 0 Å². The molecule has 0 saturated heterocycles. The minimum Gasteiger partial charge on any atom is -0.463 e. The lowest BCUT2D eigenvalue weighted by molar-refractivity contribution is 0.0558. The first-order valence-corrected chi connectivity index (χ1v) is 9.46. The van der Waals surface area contributed by atoms with Crippen molar-refractivity contribution in [3.05, 3.63) is 90.5 Å². The van der Waals surface area contributed by atoms with Gasteiger partial charge in [0.05, 0.1) is 5.41 Å². The monoisotopic (exact) mass is 353 g/mol. The van der Waals surface area contributed by atoms with Crippen LogP contribution in [-0.2, 0) is 5.41 Å². The van der Waals surface area contributed by atoms with Crippen molar-refractivity contribution in [2.24, 2.45) is 0 Å². The molecular weight excluding hydrogens is 330 g/mol. The number of fused-ring (bicyclic) bond motifs is 4. The molecule has 2 aliphatic rings. The van der Waals surface area contributed by atoms with Crippen molar-refractivity contribution in [3.8, 4) is 5.75 Å². The fourth-order valence-electron chi connectivity index (χ4n) is 4.73. The van der Waals surface area contributed by atoms with Gasteiger partial charge in [0.25, 0.3) is 0 Å². The number of rotatable bonds is 2. The fourth-order valence-corrected chi connectivity index (χ4v) is 4.73. The Morgan fingerprint density at radius 1 is 1.00 bits per heavy atom. The van der Waals surface area contributed by atoms with Gasteiger partial charge in [-0.25, -0.2) is 0 Å². The van der Waals surface area contributed by atoms with Crippen molar-refractivity contribution in [1.29, 1.82) is 0 Å². The topological polar surface area (TPSA) is 12.5 Å². The Labute approximate surface area is 160 Å². The zero-order valence-corrected chi connectivity index (χ0v) is 15.8. The standard InChI is InChI=1S/C25H23NO/c1-4-17-26-22-12-8-7-11-21(22)24(2,3)25(26)16-15-20-19-10-6-5-9-18(19)13-14-23(20)27-25/h4-16H,1,17H2,2-3H3/t25-/m0/s1. The summed E-state index contributed by atoms with van der Waals surface area (Å²) in [5, 5.41) is 2.46. The zero-order valence-electron chi connectivity index (χ0n) is 15.8. The van der Waals surface area contributed by atoms with Crippen molar-refractivity contribution >= 4 is 22.5 Å². The minimum absolute atomic E-state index is 0.202. The summed E-state index contributed by atoms with van der Waals surface area (Å²) < 4.78 is 6.84. The molecule has 5 rings (SSSR count). The van der Waals surface area contributed by atoms with Gasteiger partial charge < -0.3 is 9.64 Å². The third-order valence-corrected chi connectivity index (χ3v) is 6.15. The van der Waals surface area contributed by atoms with E-state index in [4.69, 9.17) is 4.74 Å². The number of ether oxygens (including phenoxy) is 1. The van der Waals surface area contributed by atoms with E-state index in [1.165, 1.54) is 22.0 Å². The summed E-state index contributed by atoms with van der Waals surface area (Å²) in [5.41, 5.74) is 2.91. The molecule has 2 aliphatic heterocycles. The molecule has 0 saturated carbocycles. The number of hydrogen-bond donors (Lipinski definition) is 0. The molecule has 1 spiro atoms. The highest BCUT2D eigenvalue weighted by atomic mass is 16.5. The van der Waals surface area contributed by atoms with Crippen molar-refractivity contribution in [1.82, 2.24) is 0 Å². The highest BCUT2D eigenvalue weighted by molar-refractivity contribution is 5.94. The van der Waals surface area contributed by atoms with Gasteiger partial charge in [0.1, 0.15) is 5.75 Å². The van der Waals surface area contributed by atoms with Crippen LogP contribution in [0.15, 0.2) is 79.4 Å². The minimum atomic E-state index is -0.569. The smallest absolute Gasteiger partial charge is 0.212 e. The van der Waals surface area contributed by atoms with E-state index in [1.54, 1.807) is 0 Å². The molecule has 2 heteroatoms. The average Bonchev–Trinajstić information content (AvgIpc) is 2.87. The molecule has 2 nitrogen and oxygen atoms in total. The Balaban J connectivity index is 1.73. The first-order valence-electron chi connectivity index (χ1n) is 9.46. The Hall–Kier alpha value is -3.00. The van der Waals surface area contributed by atoms with Crippen LogP contribution >= 0.6 is 0 Å². The highest BCUT2D eigenvalue weighted by Crippen LogP contribution is 2.55. The summed E-state index contributed by atoms with van der Waals surface area (Å²) in [6, 6.07) is 21.3. The third-order valence-electron chi connectivity index (χ3n) is 6.15. The van der Waals surface area contributed by atoms with E-state index >= 15 is 0 Å². The van der Waals surface area contributed by atoms with Gasteiger partial charge in [-0.15, -0.1) is 6.58 Å². The molecule has 0 unspecified atom stereocenters. The predicted molar refractivity (Wildman–Crippen MR) is 113 cm³/mol. The quantitative estimate of drug-likeness (QED) is 0.530. The second kappa shape index (κ2) is 5.50. The Morgan fingerprint density at radius 3 is 2.63 bits per heavy atom. The Kier molecular flexibility index (Phi) is 3.30. The number of hydrogen-bond acceptors (Lipinski definition) is 2. The van der Waals surface area contributed by atoms with Crippen LogP contribution in [0.3, 0.4) is 0 Å². The normalized spacial score (nSPS) is 21.8. The lowest BCUT2D eigenvalue weighted by Gasteiger charge is -2.47. The molecule has 2 heterocycles. The highest BCUT2D eigenvalue weighted by Gasteiger charge is 2.58. The molecule has 0 bridgehead atoms. The van der Waals surface area contributed by atoms with Crippen molar-refractivity contribution < 1.29 is 4.74 Å². The summed E-state index contributed by atoms with van der Waals surface area (Å²) >= 11 is 0. The van der Waals surface area contributed by atoms with Gasteiger partial charge in [-0.3, -0.25) is 0 Å². The van der Waals surface area contributed by atoms with Gasteiger partial charge in [0, 0.05) is 17.8 Å². The van der Waals surface area contributed by atoms with E-state index in [1.807, 2.05) is 6.08 Å². The molecule has 0 aromatic heterocycles. The second-order valence-electron chi connectivity index (χ2n) is 7.87. The van der Waals surface area contributed by atoms with E-state index in [0.717, 1.165) is 17.9 Å². The maximum Gasteiger partial charge on any atom is 0.212 e. The van der Waals surface area contributed by atoms with Crippen LogP contribution in [0.25, 0.3) is 16.8 Å². The van der Waals surface area contributed by atoms with Crippen molar-refractivity contribution in [2.45, 2.75) is 25.0 Å². The molecule has 1 atom stereocenters. The molecule has 0 amide bonds. The first-order chi connectivity index (χ1) is 13.1. The maximum absolute atomic E-state index is 6.84. The SMILES string of the molecule is C=CCN1c2ccccc2C(C)(C)[C@@]12C=Cc1c(ccc3ccccc13)O2. The van der Waals surface area contributed by atoms with Crippen LogP contribution in [0.2, 0.25) is 0 Å². The van der Waals surface area contributed by atoms with E-state index in [-0.39, 0.29) is 5.41 Å². The summed E-state index contributed by atoms with van der Waals surface area (Å²) in [6.45, 7) is 9.25. The van der Waals surface area contributed by atoms with Crippen LogP contribution < -0.4 is 9.64 Å². The van der Waals surface area contributed by atoms with Crippen LogP contribution in [0, 0.1) is 0 Å². The summed E-state index contributed by atoms with van der Waals surface area (Å²) in [6.07, 6.45) is 6.43. The lowest BCUT2D eigenvalue weighted by atomic mass is 9.76. The number of anilines is 1. The molecule has 0 radical (unpaired) electrons. The van der Waals surface area contributed by atoms with Gasteiger partial charge in [-0.1, -0.05) is 54.6 Å². The van der Waals surface area contributed by atoms with Crippen LogP contribution in [0.1, 0.15) is 25.0 Å². The van der Waals surface area contributed by atoms with E-state index < -0.39 is 5.72 Å². The number of nitrogens with zero attached hydrogens (tertiary/aromatic N) is 1. The van der Waals surface area contributed by atoms with Gasteiger partial charge in [-0.2, -0.15) is 0 Å². The zero-order chi connectivity index (χ0) is 18.6.